The molecule has 4 heteroatoms. The Labute approximate surface area is 124 Å². The predicted octanol–water partition coefficient (Wildman–Crippen LogP) is 3.72. The highest BCUT2D eigenvalue weighted by atomic mass is 19.2. The first kappa shape index (κ1) is 15.4. The van der Waals surface area contributed by atoms with Crippen molar-refractivity contribution in [1.29, 1.82) is 0 Å². The second-order valence-corrected chi connectivity index (χ2v) is 5.30. The van der Waals surface area contributed by atoms with Crippen molar-refractivity contribution in [3.05, 3.63) is 64.7 Å². The zero-order chi connectivity index (χ0) is 15.6. The minimum atomic E-state index is -0.847. The monoisotopic (exact) mass is 290 g/mol. The number of likely N-dealkylation sites (N-methyl/N-ethyl adjacent to an activating group) is 1. The Kier molecular flexibility index (Phi) is 4.58. The van der Waals surface area contributed by atoms with Crippen LogP contribution >= 0.6 is 0 Å². The molecule has 0 bridgehead atoms. The van der Waals surface area contributed by atoms with Crippen LogP contribution in [0.5, 0.6) is 0 Å². The Balaban J connectivity index is 2.43. The summed E-state index contributed by atoms with van der Waals surface area (Å²) in [6.07, 6.45) is 0. The van der Waals surface area contributed by atoms with E-state index in [1.165, 1.54) is 6.07 Å². The van der Waals surface area contributed by atoms with Crippen molar-refractivity contribution in [2.24, 2.45) is 5.73 Å². The van der Waals surface area contributed by atoms with Gasteiger partial charge in [-0.25, -0.2) is 8.78 Å². The number of nitrogens with zero attached hydrogens (tertiary/aromatic N) is 1. The van der Waals surface area contributed by atoms with E-state index in [-0.39, 0.29) is 12.1 Å². The molecule has 1 unspecified atom stereocenters. The maximum Gasteiger partial charge on any atom is 0.164 e. The largest absolute Gasteiger partial charge is 0.366 e. The first-order valence-electron chi connectivity index (χ1n) is 6.89. The lowest BCUT2D eigenvalue weighted by Gasteiger charge is -2.31. The summed E-state index contributed by atoms with van der Waals surface area (Å²) in [7, 11) is 1.85. The van der Waals surface area contributed by atoms with E-state index >= 15 is 0 Å². The van der Waals surface area contributed by atoms with Gasteiger partial charge in [-0.2, -0.15) is 0 Å². The van der Waals surface area contributed by atoms with Crippen LogP contribution in [-0.2, 0) is 0 Å². The highest BCUT2D eigenvalue weighted by molar-refractivity contribution is 5.55. The molecule has 2 nitrogen and oxygen atoms in total. The van der Waals surface area contributed by atoms with Gasteiger partial charge in [-0.3, -0.25) is 0 Å². The van der Waals surface area contributed by atoms with Crippen LogP contribution < -0.4 is 10.6 Å². The lowest BCUT2D eigenvalue weighted by Crippen LogP contribution is -2.31. The standard InChI is InChI=1S/C17H20F2N2/c1-11-7-8-15(12(2)9-11)21(3)16(10-20)13-5-4-6-14(18)17(13)19/h4-9,16H,10,20H2,1-3H3. The fraction of sp³-hybridized carbons (Fsp3) is 0.294. The molecule has 0 aliphatic carbocycles. The van der Waals surface area contributed by atoms with E-state index in [0.29, 0.717) is 0 Å². The Hall–Kier alpha value is -1.94. The van der Waals surface area contributed by atoms with Crippen LogP contribution in [0.25, 0.3) is 0 Å². The molecular formula is C17H20F2N2. The van der Waals surface area contributed by atoms with Crippen LogP contribution in [0.15, 0.2) is 36.4 Å². The molecule has 0 amide bonds. The van der Waals surface area contributed by atoms with Gasteiger partial charge >= 0.3 is 0 Å². The summed E-state index contributed by atoms with van der Waals surface area (Å²) in [5.74, 6) is -1.68. The zero-order valence-electron chi connectivity index (χ0n) is 12.5. The Morgan fingerprint density at radius 3 is 2.48 bits per heavy atom. The molecule has 0 aliphatic rings. The summed E-state index contributed by atoms with van der Waals surface area (Å²) in [4.78, 5) is 1.90. The lowest BCUT2D eigenvalue weighted by molar-refractivity contribution is 0.486. The quantitative estimate of drug-likeness (QED) is 0.930. The number of hydrogen-bond donors (Lipinski definition) is 1. The molecule has 0 saturated carbocycles. The second-order valence-electron chi connectivity index (χ2n) is 5.30. The van der Waals surface area contributed by atoms with Gasteiger partial charge in [-0.05, 0) is 31.5 Å². The van der Waals surface area contributed by atoms with Gasteiger partial charge in [0.15, 0.2) is 11.6 Å². The van der Waals surface area contributed by atoms with Crippen molar-refractivity contribution in [1.82, 2.24) is 0 Å². The van der Waals surface area contributed by atoms with E-state index in [1.807, 2.05) is 37.9 Å². The van der Waals surface area contributed by atoms with E-state index in [4.69, 9.17) is 5.73 Å². The first-order valence-corrected chi connectivity index (χ1v) is 6.89. The van der Waals surface area contributed by atoms with Gasteiger partial charge in [-0.1, -0.05) is 29.8 Å². The number of anilines is 1. The molecule has 112 valence electrons. The molecule has 21 heavy (non-hydrogen) atoms. The van der Waals surface area contributed by atoms with Crippen molar-refractivity contribution >= 4 is 5.69 Å². The minimum absolute atomic E-state index is 0.199. The number of nitrogens with two attached hydrogens (primary N) is 1. The fourth-order valence-electron chi connectivity index (χ4n) is 2.64. The molecule has 0 saturated heterocycles. The van der Waals surface area contributed by atoms with Crippen LogP contribution in [0.1, 0.15) is 22.7 Å². The van der Waals surface area contributed by atoms with Crippen LogP contribution in [0.4, 0.5) is 14.5 Å². The molecule has 2 rings (SSSR count). The van der Waals surface area contributed by atoms with Gasteiger partial charge < -0.3 is 10.6 Å². The van der Waals surface area contributed by atoms with Crippen LogP contribution in [0.2, 0.25) is 0 Å². The van der Waals surface area contributed by atoms with Crippen molar-refractivity contribution in [2.45, 2.75) is 19.9 Å². The van der Waals surface area contributed by atoms with Crippen molar-refractivity contribution in [3.8, 4) is 0 Å². The Bertz CT molecular complexity index is 641. The van der Waals surface area contributed by atoms with Crippen LogP contribution in [0.3, 0.4) is 0 Å². The number of hydrogen-bond acceptors (Lipinski definition) is 2. The van der Waals surface area contributed by atoms with Gasteiger partial charge in [0.1, 0.15) is 0 Å². The second kappa shape index (κ2) is 6.22. The smallest absolute Gasteiger partial charge is 0.164 e. The zero-order valence-corrected chi connectivity index (χ0v) is 12.5. The number of halogens is 2. The topological polar surface area (TPSA) is 29.3 Å². The van der Waals surface area contributed by atoms with Gasteiger partial charge in [0.05, 0.1) is 6.04 Å². The molecule has 2 N–H and O–H groups in total. The van der Waals surface area contributed by atoms with Crippen molar-refractivity contribution in [2.75, 3.05) is 18.5 Å². The number of rotatable bonds is 4. The fourth-order valence-corrected chi connectivity index (χ4v) is 2.64. The van der Waals surface area contributed by atoms with Crippen LogP contribution in [0, 0.1) is 25.5 Å². The Morgan fingerprint density at radius 2 is 1.86 bits per heavy atom. The first-order chi connectivity index (χ1) is 9.95. The SMILES string of the molecule is Cc1ccc(N(C)C(CN)c2cccc(F)c2F)c(C)c1. The molecule has 0 aromatic heterocycles. The average molecular weight is 290 g/mol. The molecule has 0 heterocycles. The summed E-state index contributed by atoms with van der Waals surface area (Å²) >= 11 is 0. The predicted molar refractivity (Wildman–Crippen MR) is 82.5 cm³/mol. The van der Waals surface area contributed by atoms with Gasteiger partial charge in [0.25, 0.3) is 0 Å². The van der Waals surface area contributed by atoms with E-state index < -0.39 is 17.7 Å². The molecule has 0 fully saturated rings. The lowest BCUT2D eigenvalue weighted by atomic mass is 10.0. The highest BCUT2D eigenvalue weighted by Crippen LogP contribution is 2.30. The van der Waals surface area contributed by atoms with Gasteiger partial charge in [0, 0.05) is 24.8 Å². The van der Waals surface area contributed by atoms with Gasteiger partial charge in [0.2, 0.25) is 0 Å². The summed E-state index contributed by atoms with van der Waals surface area (Å²) in [5.41, 5.74) is 9.28. The normalized spacial score (nSPS) is 12.3. The summed E-state index contributed by atoms with van der Waals surface area (Å²) < 4.78 is 27.5. The third-order valence-electron chi connectivity index (χ3n) is 3.76. The number of benzene rings is 2. The molecule has 0 spiro atoms. The molecule has 2 aromatic rings. The van der Waals surface area contributed by atoms with Crippen molar-refractivity contribution < 1.29 is 8.78 Å². The van der Waals surface area contributed by atoms with E-state index in [0.717, 1.165) is 22.9 Å². The summed E-state index contributed by atoms with van der Waals surface area (Å²) in [5, 5.41) is 0. The molecule has 2 aromatic carbocycles. The third kappa shape index (κ3) is 3.05. The minimum Gasteiger partial charge on any atom is -0.366 e. The maximum absolute atomic E-state index is 14.0. The Morgan fingerprint density at radius 1 is 1.14 bits per heavy atom. The van der Waals surface area contributed by atoms with E-state index in [1.54, 1.807) is 6.07 Å². The molecular weight excluding hydrogens is 270 g/mol. The van der Waals surface area contributed by atoms with E-state index in [9.17, 15) is 8.78 Å². The average Bonchev–Trinajstić information content (AvgIpc) is 2.44. The van der Waals surface area contributed by atoms with Crippen LogP contribution in [-0.4, -0.2) is 13.6 Å². The summed E-state index contributed by atoms with van der Waals surface area (Å²) in [6.45, 7) is 4.21. The highest BCUT2D eigenvalue weighted by Gasteiger charge is 2.22. The van der Waals surface area contributed by atoms with Crippen molar-refractivity contribution in [3.63, 3.8) is 0 Å². The third-order valence-corrected chi connectivity index (χ3v) is 3.76. The molecule has 1 atom stereocenters. The molecule has 0 aliphatic heterocycles. The molecule has 0 radical (unpaired) electrons. The maximum atomic E-state index is 14.0. The summed E-state index contributed by atoms with van der Waals surface area (Å²) in [6, 6.07) is 9.81. The van der Waals surface area contributed by atoms with Gasteiger partial charge in [-0.15, -0.1) is 0 Å². The van der Waals surface area contributed by atoms with E-state index in [2.05, 4.69) is 6.07 Å². The number of aryl methyl sites for hydroxylation is 2.